The number of aliphatic imine (C=N–C) groups is 1. The highest BCUT2D eigenvalue weighted by Crippen LogP contribution is 2.27. The summed E-state index contributed by atoms with van der Waals surface area (Å²) in [5.41, 5.74) is 0.376. The Hall–Kier alpha value is -2.27. The summed E-state index contributed by atoms with van der Waals surface area (Å²) >= 11 is 1.45. The van der Waals surface area contributed by atoms with Gasteiger partial charge in [0.1, 0.15) is 5.75 Å². The van der Waals surface area contributed by atoms with E-state index in [4.69, 9.17) is 5.26 Å². The predicted molar refractivity (Wildman–Crippen MR) is 70.7 cm³/mol. The Kier molecular flexibility index (Phi) is 3.87. The molecule has 2 rings (SSSR count). The molecule has 1 N–H and O–H groups in total. The molecule has 0 saturated carbocycles. The topological polar surface area (TPSA) is 103 Å². The summed E-state index contributed by atoms with van der Waals surface area (Å²) in [6.07, 6.45) is 1.72. The molecule has 19 heavy (non-hydrogen) atoms. The average molecular weight is 278 g/mol. The maximum Gasteiger partial charge on any atom is 0.270 e. The molecule has 0 unspecified atom stereocenters. The van der Waals surface area contributed by atoms with Crippen LogP contribution in [0.1, 0.15) is 5.56 Å². The first-order valence-corrected chi connectivity index (χ1v) is 6.41. The molecule has 1 aromatic carbocycles. The Labute approximate surface area is 113 Å². The van der Waals surface area contributed by atoms with E-state index in [1.165, 1.54) is 30.0 Å². The molecule has 98 valence electrons. The number of benzene rings is 1. The van der Waals surface area contributed by atoms with Crippen molar-refractivity contribution < 1.29 is 10.0 Å². The van der Waals surface area contributed by atoms with E-state index in [2.05, 4.69) is 4.99 Å². The van der Waals surface area contributed by atoms with E-state index >= 15 is 0 Å². The zero-order chi connectivity index (χ0) is 13.8. The number of nitrogens with zero attached hydrogens (tertiary/aromatic N) is 4. The zero-order valence-corrected chi connectivity index (χ0v) is 10.6. The molecular formula is C11H10N4O3S. The second-order valence-corrected chi connectivity index (χ2v) is 4.90. The van der Waals surface area contributed by atoms with Crippen LogP contribution in [-0.2, 0) is 6.54 Å². The number of phenols is 1. The normalized spacial score (nSPS) is 16.6. The SMILES string of the molecule is N#C/N=C1/SCCN1Cc1cc([N+](=O)[O-])ccc1O. The highest BCUT2D eigenvalue weighted by molar-refractivity contribution is 8.14. The van der Waals surface area contributed by atoms with Crippen LogP contribution in [-0.4, -0.2) is 32.4 Å². The first kappa shape index (κ1) is 13.2. The molecule has 7 nitrogen and oxygen atoms in total. The van der Waals surface area contributed by atoms with Gasteiger partial charge < -0.3 is 10.0 Å². The van der Waals surface area contributed by atoms with Crippen molar-refractivity contribution in [3.63, 3.8) is 0 Å². The molecule has 1 fully saturated rings. The Morgan fingerprint density at radius 2 is 2.42 bits per heavy atom. The fourth-order valence-corrected chi connectivity index (χ4v) is 2.68. The van der Waals surface area contributed by atoms with E-state index in [0.29, 0.717) is 23.8 Å². The van der Waals surface area contributed by atoms with Gasteiger partial charge in [0, 0.05) is 36.5 Å². The molecule has 1 aromatic rings. The number of hydrogen-bond donors (Lipinski definition) is 1. The maximum absolute atomic E-state index is 10.7. The summed E-state index contributed by atoms with van der Waals surface area (Å²) in [6.45, 7) is 0.980. The van der Waals surface area contributed by atoms with E-state index in [1.54, 1.807) is 6.19 Å². The molecule has 0 atom stereocenters. The third-order valence-corrected chi connectivity index (χ3v) is 3.64. The molecule has 1 aliphatic heterocycles. The van der Waals surface area contributed by atoms with Gasteiger partial charge in [0.2, 0.25) is 6.19 Å². The Morgan fingerprint density at radius 3 is 3.11 bits per heavy atom. The lowest BCUT2D eigenvalue weighted by atomic mass is 10.1. The monoisotopic (exact) mass is 278 g/mol. The number of hydrogen-bond acceptors (Lipinski definition) is 6. The molecule has 0 spiro atoms. The van der Waals surface area contributed by atoms with Gasteiger partial charge in [-0.3, -0.25) is 10.1 Å². The zero-order valence-electron chi connectivity index (χ0n) is 9.81. The van der Waals surface area contributed by atoms with Gasteiger partial charge in [0.15, 0.2) is 5.17 Å². The van der Waals surface area contributed by atoms with Crippen LogP contribution in [0.2, 0.25) is 0 Å². The second-order valence-electron chi connectivity index (χ2n) is 3.83. The van der Waals surface area contributed by atoms with Crippen LogP contribution in [0.3, 0.4) is 0 Å². The van der Waals surface area contributed by atoms with Gasteiger partial charge in [-0.15, -0.1) is 4.99 Å². The van der Waals surface area contributed by atoms with Crippen LogP contribution in [0.4, 0.5) is 5.69 Å². The molecule has 8 heteroatoms. The molecule has 0 aromatic heterocycles. The van der Waals surface area contributed by atoms with Crippen molar-refractivity contribution in [2.75, 3.05) is 12.3 Å². The summed E-state index contributed by atoms with van der Waals surface area (Å²) in [6, 6.07) is 3.89. The van der Waals surface area contributed by atoms with Gasteiger partial charge in [-0.2, -0.15) is 5.26 Å². The fraction of sp³-hybridized carbons (Fsp3) is 0.273. The third-order valence-electron chi connectivity index (χ3n) is 2.64. The minimum absolute atomic E-state index is 0.00110. The largest absolute Gasteiger partial charge is 0.508 e. The van der Waals surface area contributed by atoms with Crippen molar-refractivity contribution in [3.8, 4) is 11.9 Å². The van der Waals surface area contributed by atoms with Crippen molar-refractivity contribution in [3.05, 3.63) is 33.9 Å². The highest BCUT2D eigenvalue weighted by atomic mass is 32.2. The number of aromatic hydroxyl groups is 1. The lowest BCUT2D eigenvalue weighted by Gasteiger charge is -2.17. The number of nitro benzene ring substituents is 1. The number of thioether (sulfide) groups is 1. The van der Waals surface area contributed by atoms with Crippen LogP contribution >= 0.6 is 11.8 Å². The summed E-state index contributed by atoms with van der Waals surface area (Å²) in [4.78, 5) is 15.7. The Balaban J connectivity index is 2.23. The predicted octanol–water partition coefficient (Wildman–Crippen LogP) is 1.69. The Bertz CT molecular complexity index is 582. The number of phenolic OH excluding ortho intramolecular Hbond substituents is 1. The number of rotatable bonds is 3. The first-order chi connectivity index (χ1) is 9.11. The number of nitro groups is 1. The van der Waals surface area contributed by atoms with Crippen molar-refractivity contribution >= 4 is 22.6 Å². The lowest BCUT2D eigenvalue weighted by molar-refractivity contribution is -0.384. The summed E-state index contributed by atoms with van der Waals surface area (Å²) in [7, 11) is 0. The molecule has 0 bridgehead atoms. The first-order valence-electron chi connectivity index (χ1n) is 5.42. The number of non-ortho nitro benzene ring substituents is 1. The smallest absolute Gasteiger partial charge is 0.270 e. The van der Waals surface area contributed by atoms with Crippen LogP contribution < -0.4 is 0 Å². The van der Waals surface area contributed by atoms with Gasteiger partial charge in [0.25, 0.3) is 5.69 Å². The summed E-state index contributed by atoms with van der Waals surface area (Å²) < 4.78 is 0. The quantitative estimate of drug-likeness (QED) is 0.512. The number of nitriles is 1. The van der Waals surface area contributed by atoms with E-state index in [9.17, 15) is 15.2 Å². The molecular weight excluding hydrogens is 268 g/mol. The molecule has 1 aliphatic rings. The number of amidine groups is 1. The van der Waals surface area contributed by atoms with Crippen LogP contribution in [0.5, 0.6) is 5.75 Å². The van der Waals surface area contributed by atoms with Crippen LogP contribution in [0.15, 0.2) is 23.2 Å². The van der Waals surface area contributed by atoms with Gasteiger partial charge in [-0.25, -0.2) is 0 Å². The van der Waals surface area contributed by atoms with E-state index in [1.807, 2.05) is 4.90 Å². The molecule has 1 heterocycles. The standard InChI is InChI=1S/C11H10N4O3S/c12-7-13-11-14(3-4-19-11)6-8-5-9(15(17)18)1-2-10(8)16/h1-2,5,16H,3-4,6H2/b13-11+. The highest BCUT2D eigenvalue weighted by Gasteiger charge is 2.21. The van der Waals surface area contributed by atoms with Gasteiger partial charge in [0.05, 0.1) is 4.92 Å². The van der Waals surface area contributed by atoms with E-state index < -0.39 is 4.92 Å². The Morgan fingerprint density at radius 1 is 1.63 bits per heavy atom. The van der Waals surface area contributed by atoms with Crippen LogP contribution in [0.25, 0.3) is 0 Å². The third kappa shape index (κ3) is 2.95. The van der Waals surface area contributed by atoms with Gasteiger partial charge in [-0.1, -0.05) is 11.8 Å². The van der Waals surface area contributed by atoms with Crippen molar-refractivity contribution in [2.24, 2.45) is 4.99 Å². The van der Waals surface area contributed by atoms with Crippen LogP contribution in [0, 0.1) is 21.6 Å². The summed E-state index contributed by atoms with van der Waals surface area (Å²) in [5, 5.41) is 29.6. The minimum Gasteiger partial charge on any atom is -0.508 e. The minimum atomic E-state index is -0.508. The molecule has 0 aliphatic carbocycles. The second kappa shape index (κ2) is 5.58. The van der Waals surface area contributed by atoms with Gasteiger partial charge >= 0.3 is 0 Å². The average Bonchev–Trinajstić information content (AvgIpc) is 2.80. The lowest BCUT2D eigenvalue weighted by Crippen LogP contribution is -2.23. The molecule has 1 saturated heterocycles. The van der Waals surface area contributed by atoms with Gasteiger partial charge in [-0.05, 0) is 6.07 Å². The van der Waals surface area contributed by atoms with E-state index in [0.717, 1.165) is 5.75 Å². The molecule has 0 radical (unpaired) electrons. The maximum atomic E-state index is 10.7. The summed E-state index contributed by atoms with van der Waals surface area (Å²) in [5.74, 6) is 0.801. The van der Waals surface area contributed by atoms with Crippen molar-refractivity contribution in [1.82, 2.24) is 4.90 Å². The fourth-order valence-electron chi connectivity index (χ4n) is 1.74. The van der Waals surface area contributed by atoms with Crippen molar-refractivity contribution in [1.29, 1.82) is 5.26 Å². The van der Waals surface area contributed by atoms with E-state index in [-0.39, 0.29) is 11.4 Å². The molecule has 0 amide bonds. The van der Waals surface area contributed by atoms with Crippen molar-refractivity contribution in [2.45, 2.75) is 6.54 Å².